The summed E-state index contributed by atoms with van der Waals surface area (Å²) in [6, 6.07) is 11.0. The summed E-state index contributed by atoms with van der Waals surface area (Å²) in [5.41, 5.74) is 2.32. The number of nitrogens with one attached hydrogen (secondary N) is 1. The molecule has 2 rings (SSSR count). The van der Waals surface area contributed by atoms with Gasteiger partial charge >= 0.3 is 0 Å². The van der Waals surface area contributed by atoms with Gasteiger partial charge in [0, 0.05) is 13.1 Å². The molecule has 0 atom stereocenters. The van der Waals surface area contributed by atoms with Crippen molar-refractivity contribution in [2.24, 2.45) is 5.41 Å². The highest BCUT2D eigenvalue weighted by atomic mass is 16.5. The maximum absolute atomic E-state index is 9.06. The van der Waals surface area contributed by atoms with Gasteiger partial charge in [0.05, 0.1) is 19.3 Å². The van der Waals surface area contributed by atoms with Crippen molar-refractivity contribution in [1.82, 2.24) is 5.32 Å². The Kier molecular flexibility index (Phi) is 4.00. The van der Waals surface area contributed by atoms with Gasteiger partial charge in [0.25, 0.3) is 0 Å². The van der Waals surface area contributed by atoms with Crippen molar-refractivity contribution < 1.29 is 4.74 Å². The lowest BCUT2D eigenvalue weighted by Gasteiger charge is -2.35. The zero-order chi connectivity index (χ0) is 13.0. The molecule has 0 radical (unpaired) electrons. The molecule has 1 heterocycles. The highest BCUT2D eigenvalue weighted by Crippen LogP contribution is 2.25. The molecule has 1 aromatic rings. The van der Waals surface area contributed by atoms with Crippen molar-refractivity contribution in [3.63, 3.8) is 0 Å². The van der Waals surface area contributed by atoms with Crippen LogP contribution >= 0.6 is 0 Å². The van der Waals surface area contributed by atoms with E-state index in [1.807, 2.05) is 0 Å². The zero-order valence-electron chi connectivity index (χ0n) is 11.1. The van der Waals surface area contributed by atoms with Crippen LogP contribution in [0.1, 0.15) is 30.9 Å². The summed E-state index contributed by atoms with van der Waals surface area (Å²) >= 11 is 0. The molecule has 1 fully saturated rings. The molecule has 3 heteroatoms. The minimum absolute atomic E-state index is 0.294. The Bertz CT molecular complexity index is 427. The van der Waals surface area contributed by atoms with E-state index in [0.29, 0.717) is 25.7 Å². The first-order chi connectivity index (χ1) is 8.65. The minimum atomic E-state index is -0.294. The minimum Gasteiger partial charge on any atom is -0.378 e. The molecule has 1 aliphatic rings. The van der Waals surface area contributed by atoms with Crippen LogP contribution in [-0.2, 0) is 11.3 Å². The number of rotatable bonds is 5. The second-order valence-corrected chi connectivity index (χ2v) is 5.38. The molecule has 0 saturated carbocycles. The highest BCUT2D eigenvalue weighted by molar-refractivity contribution is 5.24. The Morgan fingerprint density at radius 1 is 1.33 bits per heavy atom. The van der Waals surface area contributed by atoms with E-state index in [-0.39, 0.29) is 5.41 Å². The van der Waals surface area contributed by atoms with Crippen LogP contribution in [-0.4, -0.2) is 19.8 Å². The van der Waals surface area contributed by atoms with Crippen molar-refractivity contribution >= 4 is 0 Å². The topological polar surface area (TPSA) is 45.0 Å². The summed E-state index contributed by atoms with van der Waals surface area (Å²) in [6.07, 6.45) is 0. The average molecular weight is 244 g/mol. The van der Waals surface area contributed by atoms with Crippen molar-refractivity contribution in [1.29, 1.82) is 5.26 Å². The van der Waals surface area contributed by atoms with Crippen LogP contribution in [0.3, 0.4) is 0 Å². The van der Waals surface area contributed by atoms with E-state index in [2.05, 4.69) is 49.5 Å². The van der Waals surface area contributed by atoms with Crippen molar-refractivity contribution in [2.45, 2.75) is 26.3 Å². The lowest BCUT2D eigenvalue weighted by Crippen LogP contribution is -2.48. The van der Waals surface area contributed by atoms with Crippen LogP contribution in [0.25, 0.3) is 0 Å². The third-order valence-corrected chi connectivity index (χ3v) is 3.43. The van der Waals surface area contributed by atoms with Crippen LogP contribution in [0, 0.1) is 16.7 Å². The van der Waals surface area contributed by atoms with Gasteiger partial charge in [0.15, 0.2) is 0 Å². The van der Waals surface area contributed by atoms with Gasteiger partial charge in [-0.1, -0.05) is 38.1 Å². The normalized spacial score (nSPS) is 17.2. The predicted molar refractivity (Wildman–Crippen MR) is 71.1 cm³/mol. The molecule has 18 heavy (non-hydrogen) atoms. The molecule has 1 aliphatic heterocycles. The fourth-order valence-electron chi connectivity index (χ4n) is 2.02. The number of nitriles is 1. The molecule has 0 aromatic heterocycles. The van der Waals surface area contributed by atoms with Crippen molar-refractivity contribution in [3.05, 3.63) is 35.4 Å². The first-order valence-electron chi connectivity index (χ1n) is 6.44. The van der Waals surface area contributed by atoms with E-state index >= 15 is 0 Å². The average Bonchev–Trinajstić information content (AvgIpc) is 2.33. The van der Waals surface area contributed by atoms with Gasteiger partial charge < -0.3 is 10.1 Å². The SMILES string of the molecule is CC(C)c1ccc(CNCC2(C#N)COC2)cc1. The summed E-state index contributed by atoms with van der Waals surface area (Å²) < 4.78 is 5.11. The monoisotopic (exact) mass is 244 g/mol. The predicted octanol–water partition coefficient (Wildman–Crippen LogP) is 2.44. The summed E-state index contributed by atoms with van der Waals surface area (Å²) in [6.45, 7) is 7.02. The second kappa shape index (κ2) is 5.51. The van der Waals surface area contributed by atoms with Gasteiger partial charge in [-0.25, -0.2) is 0 Å². The van der Waals surface area contributed by atoms with Gasteiger partial charge in [-0.2, -0.15) is 5.26 Å². The van der Waals surface area contributed by atoms with Crippen LogP contribution in [0.2, 0.25) is 0 Å². The summed E-state index contributed by atoms with van der Waals surface area (Å²) in [5.74, 6) is 0.570. The Morgan fingerprint density at radius 2 is 2.00 bits per heavy atom. The maximum atomic E-state index is 9.06. The molecule has 0 aliphatic carbocycles. The molecule has 0 bridgehead atoms. The molecule has 96 valence electrons. The van der Waals surface area contributed by atoms with E-state index in [0.717, 1.165) is 6.54 Å². The van der Waals surface area contributed by atoms with Crippen LogP contribution in [0.4, 0.5) is 0 Å². The molecule has 1 aromatic carbocycles. The number of benzene rings is 1. The first-order valence-corrected chi connectivity index (χ1v) is 6.44. The highest BCUT2D eigenvalue weighted by Gasteiger charge is 2.38. The van der Waals surface area contributed by atoms with Gasteiger partial charge in [0.2, 0.25) is 0 Å². The van der Waals surface area contributed by atoms with E-state index in [4.69, 9.17) is 10.00 Å². The Labute approximate surface area is 109 Å². The van der Waals surface area contributed by atoms with E-state index in [1.54, 1.807) is 0 Å². The molecule has 0 unspecified atom stereocenters. The summed E-state index contributed by atoms with van der Waals surface area (Å²) in [4.78, 5) is 0. The molecular weight excluding hydrogens is 224 g/mol. The number of nitrogens with zero attached hydrogens (tertiary/aromatic N) is 1. The van der Waals surface area contributed by atoms with Crippen LogP contribution in [0.5, 0.6) is 0 Å². The smallest absolute Gasteiger partial charge is 0.116 e. The number of hydrogen-bond acceptors (Lipinski definition) is 3. The standard InChI is InChI=1S/C15H20N2O/c1-12(2)14-5-3-13(4-6-14)7-17-9-15(8-16)10-18-11-15/h3-6,12,17H,7,9-11H2,1-2H3. The lowest BCUT2D eigenvalue weighted by molar-refractivity contribution is -0.0755. The maximum Gasteiger partial charge on any atom is 0.116 e. The lowest BCUT2D eigenvalue weighted by atomic mass is 9.88. The molecule has 1 N–H and O–H groups in total. The van der Waals surface area contributed by atoms with Gasteiger partial charge in [-0.3, -0.25) is 0 Å². The van der Waals surface area contributed by atoms with E-state index < -0.39 is 0 Å². The summed E-state index contributed by atoms with van der Waals surface area (Å²) in [7, 11) is 0. The van der Waals surface area contributed by atoms with Crippen molar-refractivity contribution in [3.8, 4) is 6.07 Å². The fraction of sp³-hybridized carbons (Fsp3) is 0.533. The van der Waals surface area contributed by atoms with Gasteiger partial charge in [0.1, 0.15) is 5.41 Å². The third kappa shape index (κ3) is 2.90. The van der Waals surface area contributed by atoms with Crippen LogP contribution < -0.4 is 5.32 Å². The Morgan fingerprint density at radius 3 is 2.44 bits per heavy atom. The van der Waals surface area contributed by atoms with Crippen molar-refractivity contribution in [2.75, 3.05) is 19.8 Å². The van der Waals surface area contributed by atoms with Crippen LogP contribution in [0.15, 0.2) is 24.3 Å². The fourth-order valence-corrected chi connectivity index (χ4v) is 2.02. The first kappa shape index (κ1) is 13.1. The van der Waals surface area contributed by atoms with Gasteiger partial charge in [-0.15, -0.1) is 0 Å². The Hall–Kier alpha value is -1.37. The molecule has 3 nitrogen and oxygen atoms in total. The Balaban J connectivity index is 1.82. The molecule has 0 amide bonds. The van der Waals surface area contributed by atoms with Gasteiger partial charge in [-0.05, 0) is 17.0 Å². The quantitative estimate of drug-likeness (QED) is 0.865. The molecule has 1 saturated heterocycles. The summed E-state index contributed by atoms with van der Waals surface area (Å²) in [5, 5.41) is 12.4. The van der Waals surface area contributed by atoms with E-state index in [1.165, 1.54) is 11.1 Å². The number of ether oxygens (including phenoxy) is 1. The molecule has 0 spiro atoms. The largest absolute Gasteiger partial charge is 0.378 e. The number of hydrogen-bond donors (Lipinski definition) is 1. The second-order valence-electron chi connectivity index (χ2n) is 5.38. The molecular formula is C15H20N2O. The zero-order valence-corrected chi connectivity index (χ0v) is 11.1. The van der Waals surface area contributed by atoms with E-state index in [9.17, 15) is 0 Å². The third-order valence-electron chi connectivity index (χ3n) is 3.43.